The normalized spacial score (nSPS) is 14.5. The van der Waals surface area contributed by atoms with Gasteiger partial charge in [-0.15, -0.1) is 0 Å². The van der Waals surface area contributed by atoms with Crippen LogP contribution in [0, 0.1) is 0 Å². The Balaban J connectivity index is 4.99. The third-order valence-corrected chi connectivity index (χ3v) is 14.0. The monoisotopic (exact) mass is 1070 g/mol. The average molecular weight is 1070 g/mol. The summed E-state index contributed by atoms with van der Waals surface area (Å²) in [4.78, 5) is 70.9. The number of aliphatic hydroxyl groups is 1. The zero-order valence-electron chi connectivity index (χ0n) is 45.4. The van der Waals surface area contributed by atoms with Crippen molar-refractivity contribution in [1.29, 1.82) is 0 Å². The van der Waals surface area contributed by atoms with Crippen molar-refractivity contribution in [3.8, 4) is 0 Å². The van der Waals surface area contributed by atoms with Crippen LogP contribution in [0.2, 0.25) is 0 Å². The maximum absolute atomic E-state index is 12.8. The standard InChI is InChI=1S/C53H102O17P2/c1-5-9-13-16-19-21-23-25-27-29-32-34-38-51(56)64-44-49(70-52(57)39-35-31-18-15-11-7-3)46-68-72(61,62)66-42-47(54)41-65-71(59,60)67-45-48(43-63-50(55)37-12-8-4)69-53(58)40-36-33-30-28-26-24-22-20-17-14-10-6-2/h47-49,54H,5-46H2,1-4H3,(H,59,60)(H,61,62)/t47-,48-,49-/m1/s1. The molecule has 17 nitrogen and oxygen atoms in total. The summed E-state index contributed by atoms with van der Waals surface area (Å²) in [7, 11) is -9.84. The molecule has 0 fully saturated rings. The molecule has 0 aliphatic carbocycles. The number of esters is 4. The van der Waals surface area contributed by atoms with E-state index in [9.17, 15) is 43.2 Å². The molecule has 72 heavy (non-hydrogen) atoms. The minimum absolute atomic E-state index is 0.102. The Hall–Kier alpha value is -1.94. The Bertz CT molecular complexity index is 1420. The van der Waals surface area contributed by atoms with Gasteiger partial charge >= 0.3 is 39.5 Å². The van der Waals surface area contributed by atoms with E-state index in [4.69, 9.17) is 37.0 Å². The van der Waals surface area contributed by atoms with E-state index >= 15 is 0 Å². The maximum Gasteiger partial charge on any atom is 0.472 e. The summed E-state index contributed by atoms with van der Waals surface area (Å²) in [5.74, 6) is -2.19. The first-order valence-corrected chi connectivity index (χ1v) is 31.3. The smallest absolute Gasteiger partial charge is 0.462 e. The number of rotatable bonds is 54. The average Bonchev–Trinajstić information content (AvgIpc) is 3.35. The van der Waals surface area contributed by atoms with Crippen LogP contribution in [0.5, 0.6) is 0 Å². The molecule has 0 aliphatic heterocycles. The van der Waals surface area contributed by atoms with Crippen molar-refractivity contribution in [3.63, 3.8) is 0 Å². The molecule has 0 bridgehead atoms. The van der Waals surface area contributed by atoms with Gasteiger partial charge in [0.1, 0.15) is 19.3 Å². The fourth-order valence-electron chi connectivity index (χ4n) is 7.67. The van der Waals surface area contributed by atoms with Gasteiger partial charge < -0.3 is 33.8 Å². The van der Waals surface area contributed by atoms with Gasteiger partial charge in [0, 0.05) is 25.7 Å². The van der Waals surface area contributed by atoms with E-state index < -0.39 is 97.5 Å². The zero-order valence-corrected chi connectivity index (χ0v) is 47.2. The third kappa shape index (κ3) is 47.8. The molecule has 19 heteroatoms. The summed E-state index contributed by atoms with van der Waals surface area (Å²) in [5.41, 5.74) is 0. The SMILES string of the molecule is CCCCCCCCCCCCCCC(=O)OC[C@H](COP(=O)(O)OC[C@H](O)COP(=O)(O)OC[C@@H](COC(=O)CCCC)OC(=O)CCCCCCCCCCCCCC)OC(=O)CCCCCCCC. The predicted octanol–water partition coefficient (Wildman–Crippen LogP) is 13.6. The van der Waals surface area contributed by atoms with Gasteiger partial charge in [0.25, 0.3) is 0 Å². The number of phosphoric ester groups is 2. The summed E-state index contributed by atoms with van der Waals surface area (Å²) in [6, 6.07) is 0. The van der Waals surface area contributed by atoms with E-state index in [1.165, 1.54) is 96.3 Å². The molecule has 0 aromatic carbocycles. The summed E-state index contributed by atoms with van der Waals surface area (Å²) in [6.45, 7) is 4.49. The van der Waals surface area contributed by atoms with Crippen LogP contribution in [0.1, 0.15) is 259 Å². The summed E-state index contributed by atoms with van der Waals surface area (Å²) in [6.07, 6.45) is 30.7. The summed E-state index contributed by atoms with van der Waals surface area (Å²) >= 11 is 0. The first-order valence-electron chi connectivity index (χ1n) is 28.3. The van der Waals surface area contributed by atoms with Gasteiger partial charge in [0.2, 0.25) is 0 Å². The van der Waals surface area contributed by atoms with E-state index in [-0.39, 0.29) is 25.7 Å². The predicted molar refractivity (Wildman–Crippen MR) is 280 cm³/mol. The van der Waals surface area contributed by atoms with E-state index in [0.717, 1.165) is 83.5 Å². The third-order valence-electron chi connectivity index (χ3n) is 12.1. The van der Waals surface area contributed by atoms with Crippen molar-refractivity contribution >= 4 is 39.5 Å². The maximum atomic E-state index is 12.8. The number of aliphatic hydroxyl groups excluding tert-OH is 1. The molecule has 0 aromatic rings. The Kier molecular flexibility index (Phi) is 47.4. The van der Waals surface area contributed by atoms with E-state index in [2.05, 4.69) is 20.8 Å². The first-order chi connectivity index (χ1) is 34.7. The minimum atomic E-state index is -4.92. The Morgan fingerprint density at radius 2 is 0.569 bits per heavy atom. The lowest BCUT2D eigenvalue weighted by Crippen LogP contribution is -2.30. The van der Waals surface area contributed by atoms with Gasteiger partial charge in [-0.1, -0.05) is 207 Å². The van der Waals surface area contributed by atoms with Gasteiger partial charge in [-0.25, -0.2) is 9.13 Å². The molecule has 0 saturated heterocycles. The minimum Gasteiger partial charge on any atom is -0.462 e. The van der Waals surface area contributed by atoms with Gasteiger partial charge in [-0.3, -0.25) is 37.3 Å². The molecule has 0 aromatic heterocycles. The molecule has 0 amide bonds. The van der Waals surface area contributed by atoms with Crippen molar-refractivity contribution in [3.05, 3.63) is 0 Å². The quantitative estimate of drug-likeness (QED) is 0.0222. The molecule has 0 spiro atoms. The second kappa shape index (κ2) is 48.7. The van der Waals surface area contributed by atoms with Crippen molar-refractivity contribution in [2.24, 2.45) is 0 Å². The van der Waals surface area contributed by atoms with E-state index in [1.807, 2.05) is 6.92 Å². The van der Waals surface area contributed by atoms with Gasteiger partial charge in [-0.05, 0) is 25.7 Å². The van der Waals surface area contributed by atoms with Crippen LogP contribution < -0.4 is 0 Å². The molecule has 3 N–H and O–H groups in total. The molecule has 0 radical (unpaired) electrons. The second-order valence-electron chi connectivity index (χ2n) is 19.3. The lowest BCUT2D eigenvalue weighted by atomic mass is 10.0. The van der Waals surface area contributed by atoms with E-state index in [0.29, 0.717) is 25.7 Å². The van der Waals surface area contributed by atoms with Gasteiger partial charge in [0.15, 0.2) is 12.2 Å². The fourth-order valence-corrected chi connectivity index (χ4v) is 9.25. The Labute approximate surface area is 435 Å². The highest BCUT2D eigenvalue weighted by Crippen LogP contribution is 2.45. The molecular weight excluding hydrogens is 971 g/mol. The molecule has 0 rings (SSSR count). The highest BCUT2D eigenvalue weighted by atomic mass is 31.2. The fraction of sp³-hybridized carbons (Fsp3) is 0.925. The van der Waals surface area contributed by atoms with Crippen LogP contribution in [0.15, 0.2) is 0 Å². The molecule has 0 aliphatic rings. The largest absolute Gasteiger partial charge is 0.472 e. The number of hydrogen-bond acceptors (Lipinski definition) is 15. The van der Waals surface area contributed by atoms with E-state index in [1.54, 1.807) is 0 Å². The van der Waals surface area contributed by atoms with Gasteiger partial charge in [0.05, 0.1) is 26.4 Å². The van der Waals surface area contributed by atoms with Crippen molar-refractivity contribution in [2.45, 2.75) is 277 Å². The Morgan fingerprint density at radius 1 is 0.333 bits per heavy atom. The van der Waals surface area contributed by atoms with Gasteiger partial charge in [-0.2, -0.15) is 0 Å². The van der Waals surface area contributed by atoms with Crippen molar-refractivity contribution < 1.29 is 80.2 Å². The zero-order chi connectivity index (χ0) is 53.4. The number of hydrogen-bond donors (Lipinski definition) is 3. The van der Waals surface area contributed by atoms with Crippen molar-refractivity contribution in [2.75, 3.05) is 39.6 Å². The molecule has 0 saturated carbocycles. The second-order valence-corrected chi connectivity index (χ2v) is 22.2. The molecule has 0 heterocycles. The molecule has 5 atom stereocenters. The van der Waals surface area contributed by atoms with Crippen LogP contribution in [0.25, 0.3) is 0 Å². The lowest BCUT2D eigenvalue weighted by Gasteiger charge is -2.21. The summed E-state index contributed by atoms with van der Waals surface area (Å²) < 4.78 is 66.9. The molecular formula is C53H102O17P2. The van der Waals surface area contributed by atoms with Crippen LogP contribution in [0.4, 0.5) is 0 Å². The van der Waals surface area contributed by atoms with Crippen molar-refractivity contribution in [1.82, 2.24) is 0 Å². The summed E-state index contributed by atoms with van der Waals surface area (Å²) in [5, 5.41) is 10.4. The highest BCUT2D eigenvalue weighted by Gasteiger charge is 2.30. The van der Waals surface area contributed by atoms with Crippen LogP contribution in [0.3, 0.4) is 0 Å². The van der Waals surface area contributed by atoms with Crippen LogP contribution in [-0.2, 0) is 65.4 Å². The Morgan fingerprint density at radius 3 is 0.861 bits per heavy atom. The number of unbranched alkanes of at least 4 members (excludes halogenated alkanes) is 28. The lowest BCUT2D eigenvalue weighted by molar-refractivity contribution is -0.161. The highest BCUT2D eigenvalue weighted by molar-refractivity contribution is 7.47. The van der Waals surface area contributed by atoms with Crippen LogP contribution >= 0.6 is 15.6 Å². The number of ether oxygens (including phenoxy) is 4. The molecule has 2 unspecified atom stereocenters. The number of carbonyl (C=O) groups is 4. The number of carbonyl (C=O) groups excluding carboxylic acids is 4. The molecule has 426 valence electrons. The van der Waals surface area contributed by atoms with Crippen LogP contribution in [-0.4, -0.2) is 96.7 Å². The topological polar surface area (TPSA) is 237 Å². The number of phosphoric acid groups is 2. The first kappa shape index (κ1) is 70.1.